The highest BCUT2D eigenvalue weighted by Gasteiger charge is 2.31. The molecule has 2 unspecified atom stereocenters. The number of hydrogen-bond acceptors (Lipinski definition) is 7. The van der Waals surface area contributed by atoms with Gasteiger partial charge in [0.15, 0.2) is 5.16 Å². The number of hydrogen-bond donors (Lipinski definition) is 1. The van der Waals surface area contributed by atoms with E-state index in [1.54, 1.807) is 6.33 Å². The van der Waals surface area contributed by atoms with Crippen molar-refractivity contribution in [3.05, 3.63) is 36.2 Å². The summed E-state index contributed by atoms with van der Waals surface area (Å²) in [6, 6.07) is 8.50. The van der Waals surface area contributed by atoms with E-state index in [1.807, 2.05) is 16.7 Å². The number of para-hydroxylation sites is 1. The molecular formula is C22H31N5O3S. The summed E-state index contributed by atoms with van der Waals surface area (Å²) in [5.41, 5.74) is 2.28. The lowest BCUT2D eigenvalue weighted by Gasteiger charge is -2.37. The largest absolute Gasteiger partial charge is 0.381 e. The zero-order valence-corrected chi connectivity index (χ0v) is 18.9. The van der Waals surface area contributed by atoms with Crippen LogP contribution in [0.1, 0.15) is 18.9 Å². The number of rotatable bonds is 9. The molecule has 0 bridgehead atoms. The number of aromatic nitrogens is 3. The molecule has 2 saturated heterocycles. The molecule has 2 aromatic rings. The summed E-state index contributed by atoms with van der Waals surface area (Å²) in [7, 11) is 0. The van der Waals surface area contributed by atoms with Crippen molar-refractivity contribution in [3.63, 3.8) is 0 Å². The maximum Gasteiger partial charge on any atom is 0.230 e. The van der Waals surface area contributed by atoms with Crippen molar-refractivity contribution in [2.75, 3.05) is 51.8 Å². The predicted molar refractivity (Wildman–Crippen MR) is 120 cm³/mol. The van der Waals surface area contributed by atoms with Crippen molar-refractivity contribution < 1.29 is 14.3 Å². The van der Waals surface area contributed by atoms with Crippen LogP contribution in [0.4, 0.5) is 0 Å². The minimum absolute atomic E-state index is 0.0144. The molecule has 2 fully saturated rings. The van der Waals surface area contributed by atoms with E-state index in [1.165, 1.54) is 17.3 Å². The second-order valence-corrected chi connectivity index (χ2v) is 8.84. The Morgan fingerprint density at radius 1 is 1.26 bits per heavy atom. The summed E-state index contributed by atoms with van der Waals surface area (Å²) in [6.07, 6.45) is 3.68. The maximum atomic E-state index is 12.6. The van der Waals surface area contributed by atoms with Gasteiger partial charge in [0.1, 0.15) is 6.33 Å². The van der Waals surface area contributed by atoms with Crippen LogP contribution in [0.5, 0.6) is 0 Å². The first-order valence-electron chi connectivity index (χ1n) is 11.0. The SMILES string of the molecule is CCc1ccccc1-n1cnnc1SCC(=O)NCC(C1CCOC1)N1CCOCC1. The third kappa shape index (κ3) is 5.65. The van der Waals surface area contributed by atoms with E-state index in [0.29, 0.717) is 24.3 Å². The molecule has 2 atom stereocenters. The van der Waals surface area contributed by atoms with Crippen LogP contribution in [0.25, 0.3) is 5.69 Å². The van der Waals surface area contributed by atoms with E-state index in [4.69, 9.17) is 9.47 Å². The Kier molecular flexibility index (Phi) is 7.96. The van der Waals surface area contributed by atoms with E-state index in [2.05, 4.69) is 39.5 Å². The third-order valence-corrected chi connectivity index (χ3v) is 6.96. The molecule has 1 aromatic heterocycles. The van der Waals surface area contributed by atoms with Crippen LogP contribution in [0, 0.1) is 5.92 Å². The number of ether oxygens (including phenoxy) is 2. The van der Waals surface area contributed by atoms with Gasteiger partial charge in [0.25, 0.3) is 0 Å². The molecule has 1 N–H and O–H groups in total. The number of nitrogens with zero attached hydrogens (tertiary/aromatic N) is 4. The maximum absolute atomic E-state index is 12.6. The number of amides is 1. The van der Waals surface area contributed by atoms with Gasteiger partial charge >= 0.3 is 0 Å². The molecule has 1 amide bonds. The quantitative estimate of drug-likeness (QED) is 0.589. The van der Waals surface area contributed by atoms with Crippen LogP contribution < -0.4 is 5.32 Å². The zero-order chi connectivity index (χ0) is 21.5. The van der Waals surface area contributed by atoms with E-state index in [0.717, 1.165) is 63.2 Å². The minimum Gasteiger partial charge on any atom is -0.381 e. The fourth-order valence-electron chi connectivity index (χ4n) is 4.29. The highest BCUT2D eigenvalue weighted by molar-refractivity contribution is 7.99. The van der Waals surface area contributed by atoms with Crippen molar-refractivity contribution in [3.8, 4) is 5.69 Å². The lowest BCUT2D eigenvalue weighted by atomic mass is 9.97. The summed E-state index contributed by atoms with van der Waals surface area (Å²) in [4.78, 5) is 15.1. The van der Waals surface area contributed by atoms with Gasteiger partial charge < -0.3 is 14.8 Å². The number of nitrogens with one attached hydrogen (secondary N) is 1. The Labute approximate surface area is 187 Å². The van der Waals surface area contributed by atoms with Crippen LogP contribution in [0.3, 0.4) is 0 Å². The van der Waals surface area contributed by atoms with Crippen LogP contribution in [-0.2, 0) is 20.7 Å². The van der Waals surface area contributed by atoms with Crippen LogP contribution in [-0.4, -0.2) is 83.4 Å². The normalized spacial score (nSPS) is 20.6. The highest BCUT2D eigenvalue weighted by atomic mass is 32.2. The average Bonchev–Trinajstić information content (AvgIpc) is 3.51. The summed E-state index contributed by atoms with van der Waals surface area (Å²) < 4.78 is 13.1. The fourth-order valence-corrected chi connectivity index (χ4v) is 5.04. The predicted octanol–water partition coefficient (Wildman–Crippen LogP) is 1.78. The highest BCUT2D eigenvalue weighted by Crippen LogP contribution is 2.23. The van der Waals surface area contributed by atoms with Gasteiger partial charge in [0, 0.05) is 38.2 Å². The fraction of sp³-hybridized carbons (Fsp3) is 0.591. The molecule has 0 saturated carbocycles. The lowest BCUT2D eigenvalue weighted by Crippen LogP contribution is -2.52. The smallest absolute Gasteiger partial charge is 0.230 e. The Morgan fingerprint density at radius 2 is 2.10 bits per heavy atom. The van der Waals surface area contributed by atoms with Crippen molar-refractivity contribution in [2.45, 2.75) is 31.0 Å². The standard InChI is InChI=1S/C22H31N5O3S/c1-2-17-5-3-4-6-19(17)27-16-24-25-22(27)31-15-21(28)23-13-20(18-7-10-30-14-18)26-8-11-29-12-9-26/h3-6,16,18,20H,2,7-15H2,1H3,(H,23,28). The van der Waals surface area contributed by atoms with Crippen LogP contribution in [0.2, 0.25) is 0 Å². The molecular weight excluding hydrogens is 414 g/mol. The topological polar surface area (TPSA) is 81.5 Å². The van der Waals surface area contributed by atoms with Gasteiger partial charge in [-0.05, 0) is 24.5 Å². The summed E-state index contributed by atoms with van der Waals surface area (Å²) in [5, 5.41) is 12.2. The van der Waals surface area contributed by atoms with Gasteiger partial charge in [-0.2, -0.15) is 0 Å². The molecule has 0 aliphatic carbocycles. The van der Waals surface area contributed by atoms with Gasteiger partial charge in [0.2, 0.25) is 5.91 Å². The van der Waals surface area contributed by atoms with Crippen LogP contribution in [0.15, 0.2) is 35.7 Å². The molecule has 168 valence electrons. The van der Waals surface area contributed by atoms with Gasteiger partial charge in [-0.25, -0.2) is 0 Å². The van der Waals surface area contributed by atoms with Crippen molar-refractivity contribution in [2.24, 2.45) is 5.92 Å². The zero-order valence-electron chi connectivity index (χ0n) is 18.0. The first-order valence-corrected chi connectivity index (χ1v) is 12.0. The molecule has 1 aromatic carbocycles. The molecule has 4 rings (SSSR count). The van der Waals surface area contributed by atoms with Crippen molar-refractivity contribution in [1.82, 2.24) is 25.0 Å². The minimum atomic E-state index is 0.0144. The monoisotopic (exact) mass is 445 g/mol. The molecule has 31 heavy (non-hydrogen) atoms. The van der Waals surface area contributed by atoms with Gasteiger partial charge in [-0.1, -0.05) is 36.9 Å². The lowest BCUT2D eigenvalue weighted by molar-refractivity contribution is -0.119. The molecule has 2 aliphatic rings. The molecule has 0 radical (unpaired) electrons. The Hall–Kier alpha value is -1.94. The molecule has 2 aliphatic heterocycles. The first-order chi connectivity index (χ1) is 15.3. The van der Waals surface area contributed by atoms with E-state index in [9.17, 15) is 4.79 Å². The first kappa shape index (κ1) is 22.3. The Bertz CT molecular complexity index is 849. The average molecular weight is 446 g/mol. The third-order valence-electron chi connectivity index (χ3n) is 6.01. The Morgan fingerprint density at radius 3 is 2.87 bits per heavy atom. The summed E-state index contributed by atoms with van der Waals surface area (Å²) >= 11 is 1.41. The number of morpholine rings is 1. The Balaban J connectivity index is 1.33. The van der Waals surface area contributed by atoms with Crippen molar-refractivity contribution in [1.29, 1.82) is 0 Å². The molecule has 3 heterocycles. The van der Waals surface area contributed by atoms with E-state index >= 15 is 0 Å². The number of carbonyl (C=O) groups excluding carboxylic acids is 1. The van der Waals surface area contributed by atoms with E-state index < -0.39 is 0 Å². The second-order valence-electron chi connectivity index (χ2n) is 7.90. The summed E-state index contributed by atoms with van der Waals surface area (Å²) in [5.74, 6) is 0.782. The number of aryl methyl sites for hydroxylation is 1. The number of thioether (sulfide) groups is 1. The van der Waals surface area contributed by atoms with Gasteiger partial charge in [0.05, 0.1) is 31.3 Å². The number of carbonyl (C=O) groups is 1. The van der Waals surface area contributed by atoms with Crippen molar-refractivity contribution >= 4 is 17.7 Å². The van der Waals surface area contributed by atoms with Gasteiger partial charge in [-0.15, -0.1) is 10.2 Å². The molecule has 9 heteroatoms. The van der Waals surface area contributed by atoms with Crippen LogP contribution >= 0.6 is 11.8 Å². The molecule has 0 spiro atoms. The number of benzene rings is 1. The molecule has 8 nitrogen and oxygen atoms in total. The van der Waals surface area contributed by atoms with E-state index in [-0.39, 0.29) is 5.91 Å². The summed E-state index contributed by atoms with van der Waals surface area (Å²) in [6.45, 7) is 7.67. The second kappa shape index (κ2) is 11.1. The van der Waals surface area contributed by atoms with Gasteiger partial charge in [-0.3, -0.25) is 14.3 Å².